The van der Waals surface area contributed by atoms with Crippen LogP contribution in [0.4, 0.5) is 5.69 Å². The van der Waals surface area contributed by atoms with Gasteiger partial charge >= 0.3 is 0 Å². The van der Waals surface area contributed by atoms with Crippen molar-refractivity contribution in [3.8, 4) is 28.4 Å². The molecule has 0 aromatic heterocycles. The summed E-state index contributed by atoms with van der Waals surface area (Å²) in [6.45, 7) is 5.77. The van der Waals surface area contributed by atoms with E-state index in [1.807, 2.05) is 26.0 Å². The number of hydrogen-bond donors (Lipinski definition) is 3. The minimum atomic E-state index is -0.366. The van der Waals surface area contributed by atoms with E-state index in [1.54, 1.807) is 33.5 Å². The van der Waals surface area contributed by atoms with Crippen molar-refractivity contribution >= 4 is 17.5 Å². The normalized spacial score (nSPS) is 14.1. The first-order chi connectivity index (χ1) is 17.7. The van der Waals surface area contributed by atoms with Gasteiger partial charge in [-0.2, -0.15) is 0 Å². The van der Waals surface area contributed by atoms with Gasteiger partial charge in [0.05, 0.1) is 33.1 Å². The molecule has 2 amide bonds. The highest BCUT2D eigenvalue weighted by Crippen LogP contribution is 2.50. The summed E-state index contributed by atoms with van der Waals surface area (Å²) in [5.41, 5.74) is 3.45. The Bertz CT molecular complexity index is 1210. The van der Waals surface area contributed by atoms with Gasteiger partial charge in [0.2, 0.25) is 23.0 Å². The van der Waals surface area contributed by atoms with E-state index >= 15 is 0 Å². The molecule has 0 bridgehead atoms. The highest BCUT2D eigenvalue weighted by Gasteiger charge is 2.29. The molecule has 1 unspecified atom stereocenters. The maximum atomic E-state index is 13.3. The van der Waals surface area contributed by atoms with Crippen LogP contribution in [0.15, 0.2) is 29.1 Å². The zero-order valence-corrected chi connectivity index (χ0v) is 22.4. The number of anilines is 1. The number of amides is 2. The molecule has 0 heterocycles. The number of carbonyl (C=O) groups is 2. The fourth-order valence-electron chi connectivity index (χ4n) is 4.72. The number of nitrogens with one attached hydrogen (secondary N) is 3. The molecule has 0 fully saturated rings. The van der Waals surface area contributed by atoms with E-state index in [0.717, 1.165) is 16.7 Å². The largest absolute Gasteiger partial charge is 0.493 e. The van der Waals surface area contributed by atoms with Gasteiger partial charge in [0.1, 0.15) is 0 Å². The molecule has 1 aliphatic carbocycles. The zero-order valence-electron chi connectivity index (χ0n) is 22.4. The third-order valence-electron chi connectivity index (χ3n) is 6.26. The summed E-state index contributed by atoms with van der Waals surface area (Å²) in [7, 11) is 4.69. The monoisotopic (exact) mass is 511 g/mol. The van der Waals surface area contributed by atoms with E-state index in [4.69, 9.17) is 14.2 Å². The SMILES string of the molecule is COc1cc2c(c(OC)c1OC)-c1ccc(NCCCC(=O)NC(C)C)c(=O)cc1C(NC(C)=O)CC2. The second-order valence-corrected chi connectivity index (χ2v) is 9.35. The van der Waals surface area contributed by atoms with Crippen LogP contribution < -0.4 is 35.6 Å². The summed E-state index contributed by atoms with van der Waals surface area (Å²) < 4.78 is 17.0. The van der Waals surface area contributed by atoms with Crippen LogP contribution in [0, 0.1) is 0 Å². The number of ether oxygens (including phenoxy) is 3. The van der Waals surface area contributed by atoms with Crippen molar-refractivity contribution in [3.05, 3.63) is 45.6 Å². The molecule has 9 nitrogen and oxygen atoms in total. The molecule has 2 aromatic carbocycles. The number of aryl methyl sites for hydroxylation is 1. The smallest absolute Gasteiger partial charge is 0.220 e. The number of carbonyl (C=O) groups excluding carboxylic acids is 2. The van der Waals surface area contributed by atoms with Crippen LogP contribution in [-0.4, -0.2) is 45.7 Å². The van der Waals surface area contributed by atoms with E-state index in [2.05, 4.69) is 16.0 Å². The van der Waals surface area contributed by atoms with Gasteiger partial charge in [0.15, 0.2) is 11.5 Å². The van der Waals surface area contributed by atoms with E-state index in [0.29, 0.717) is 60.7 Å². The molecule has 2 aromatic rings. The van der Waals surface area contributed by atoms with Crippen LogP contribution in [0.5, 0.6) is 17.2 Å². The molecule has 3 N–H and O–H groups in total. The maximum absolute atomic E-state index is 13.3. The lowest BCUT2D eigenvalue weighted by Crippen LogP contribution is -2.30. The molecule has 1 atom stereocenters. The molecular formula is C28H37N3O6. The van der Waals surface area contributed by atoms with Crippen molar-refractivity contribution in [2.45, 2.75) is 58.5 Å². The van der Waals surface area contributed by atoms with E-state index in [-0.39, 0.29) is 29.3 Å². The topological polar surface area (TPSA) is 115 Å². The summed E-state index contributed by atoms with van der Waals surface area (Å²) in [5, 5.41) is 9.04. The third-order valence-corrected chi connectivity index (χ3v) is 6.26. The van der Waals surface area contributed by atoms with Crippen LogP contribution in [-0.2, 0) is 16.0 Å². The molecule has 9 heteroatoms. The van der Waals surface area contributed by atoms with E-state index < -0.39 is 0 Å². The number of hydrogen-bond acceptors (Lipinski definition) is 7. The van der Waals surface area contributed by atoms with Crippen LogP contribution in [0.3, 0.4) is 0 Å². The number of methoxy groups -OCH3 is 3. The average molecular weight is 512 g/mol. The summed E-state index contributed by atoms with van der Waals surface area (Å²) in [4.78, 5) is 37.2. The lowest BCUT2D eigenvalue weighted by atomic mass is 9.95. The van der Waals surface area contributed by atoms with Gasteiger partial charge in [-0.15, -0.1) is 0 Å². The lowest BCUT2D eigenvalue weighted by molar-refractivity contribution is -0.121. The van der Waals surface area contributed by atoms with Gasteiger partial charge in [-0.1, -0.05) is 6.07 Å². The molecule has 0 aliphatic heterocycles. The van der Waals surface area contributed by atoms with Crippen LogP contribution in [0.25, 0.3) is 11.1 Å². The van der Waals surface area contributed by atoms with Gasteiger partial charge in [-0.25, -0.2) is 0 Å². The van der Waals surface area contributed by atoms with Crippen molar-refractivity contribution in [2.75, 3.05) is 33.2 Å². The molecule has 1 aliphatic rings. The van der Waals surface area contributed by atoms with Crippen molar-refractivity contribution in [3.63, 3.8) is 0 Å². The Kier molecular flexibility index (Phi) is 9.38. The van der Waals surface area contributed by atoms with Gasteiger partial charge < -0.3 is 30.2 Å². The Morgan fingerprint density at radius 2 is 1.78 bits per heavy atom. The quantitative estimate of drug-likeness (QED) is 0.418. The Labute approximate surface area is 217 Å². The van der Waals surface area contributed by atoms with Gasteiger partial charge in [0.25, 0.3) is 0 Å². The van der Waals surface area contributed by atoms with Gasteiger partial charge in [0, 0.05) is 31.5 Å². The average Bonchev–Trinajstić information content (AvgIpc) is 3.09. The number of fused-ring (bicyclic) bond motifs is 3. The molecule has 200 valence electrons. The summed E-state index contributed by atoms with van der Waals surface area (Å²) in [6.07, 6.45) is 2.17. The van der Waals surface area contributed by atoms with Crippen LogP contribution in [0.1, 0.15) is 57.2 Å². The molecular weight excluding hydrogens is 474 g/mol. The summed E-state index contributed by atoms with van der Waals surface area (Å²) in [5.74, 6) is 1.31. The predicted octanol–water partition coefficient (Wildman–Crippen LogP) is 3.58. The third kappa shape index (κ3) is 6.53. The highest BCUT2D eigenvalue weighted by atomic mass is 16.5. The highest BCUT2D eigenvalue weighted by molar-refractivity contribution is 5.83. The zero-order chi connectivity index (χ0) is 27.1. The molecule has 0 spiro atoms. The van der Waals surface area contributed by atoms with E-state index in [9.17, 15) is 14.4 Å². The van der Waals surface area contributed by atoms with Crippen molar-refractivity contribution < 1.29 is 23.8 Å². The Morgan fingerprint density at radius 1 is 1.05 bits per heavy atom. The number of benzene rings is 1. The second-order valence-electron chi connectivity index (χ2n) is 9.35. The molecule has 0 radical (unpaired) electrons. The number of rotatable bonds is 10. The standard InChI is InChI=1S/C28H37N3O6/c1-16(2)30-25(34)8-7-13-29-22-12-10-19-20(15-23(22)33)21(31-17(3)32)11-9-18-14-24(35-4)27(36-5)28(37-6)26(18)19/h10,12,14-16,21H,7-9,11,13H2,1-6H3,(H,29,33)(H,30,34)(H,31,32). The van der Waals surface area contributed by atoms with Crippen molar-refractivity contribution in [2.24, 2.45) is 0 Å². The van der Waals surface area contributed by atoms with Crippen LogP contribution in [0.2, 0.25) is 0 Å². The Morgan fingerprint density at radius 3 is 2.41 bits per heavy atom. The summed E-state index contributed by atoms with van der Waals surface area (Å²) >= 11 is 0. The second kappa shape index (κ2) is 12.5. The fourth-order valence-corrected chi connectivity index (χ4v) is 4.72. The molecule has 37 heavy (non-hydrogen) atoms. The maximum Gasteiger partial charge on any atom is 0.220 e. The van der Waals surface area contributed by atoms with Gasteiger partial charge in [-0.3, -0.25) is 14.4 Å². The fraction of sp³-hybridized carbons (Fsp3) is 0.464. The first kappa shape index (κ1) is 27.8. The molecule has 3 rings (SSSR count). The molecule has 0 saturated carbocycles. The van der Waals surface area contributed by atoms with Crippen molar-refractivity contribution in [1.29, 1.82) is 0 Å². The minimum absolute atomic E-state index is 0.0179. The Balaban J connectivity index is 2.07. The van der Waals surface area contributed by atoms with Crippen LogP contribution >= 0.6 is 0 Å². The van der Waals surface area contributed by atoms with Crippen molar-refractivity contribution in [1.82, 2.24) is 10.6 Å². The Hall–Kier alpha value is -3.75. The first-order valence-electron chi connectivity index (χ1n) is 12.5. The minimum Gasteiger partial charge on any atom is -0.493 e. The van der Waals surface area contributed by atoms with E-state index in [1.165, 1.54) is 6.92 Å². The molecule has 0 saturated heterocycles. The lowest BCUT2D eigenvalue weighted by Gasteiger charge is -2.19. The predicted molar refractivity (Wildman–Crippen MR) is 144 cm³/mol. The van der Waals surface area contributed by atoms with Gasteiger partial charge in [-0.05, 0) is 68.0 Å². The summed E-state index contributed by atoms with van der Waals surface area (Å²) in [6, 6.07) is 6.84. The first-order valence-corrected chi connectivity index (χ1v) is 12.5.